The van der Waals surface area contributed by atoms with E-state index in [1.54, 1.807) is 30.3 Å². The maximum atomic E-state index is 11.8. The second-order valence-corrected chi connectivity index (χ2v) is 6.42. The van der Waals surface area contributed by atoms with E-state index in [0.717, 1.165) is 4.90 Å². The third kappa shape index (κ3) is 6.09. The van der Waals surface area contributed by atoms with Crippen LogP contribution in [0.15, 0.2) is 53.4 Å². The molecule has 2 aromatic carbocycles. The smallest absolute Gasteiger partial charge is 0.337 e. The molecule has 0 aliphatic rings. The molecule has 6 nitrogen and oxygen atoms in total. The molecule has 8 heteroatoms. The van der Waals surface area contributed by atoms with E-state index in [2.05, 4.69) is 10.1 Å². The number of methoxy groups -OCH3 is 1. The molecule has 1 N–H and O–H groups in total. The van der Waals surface area contributed by atoms with Crippen LogP contribution in [0.4, 0.5) is 5.69 Å². The molecule has 0 saturated carbocycles. The van der Waals surface area contributed by atoms with Gasteiger partial charge in [0.25, 0.3) is 5.91 Å². The van der Waals surface area contributed by atoms with Crippen LogP contribution in [0, 0.1) is 0 Å². The van der Waals surface area contributed by atoms with Gasteiger partial charge in [0, 0.05) is 10.6 Å². The highest BCUT2D eigenvalue weighted by atomic mass is 35.5. The van der Waals surface area contributed by atoms with Gasteiger partial charge < -0.3 is 14.8 Å². The van der Waals surface area contributed by atoms with Gasteiger partial charge in [-0.25, -0.2) is 4.79 Å². The van der Waals surface area contributed by atoms with Gasteiger partial charge in [0.05, 0.1) is 23.4 Å². The number of esters is 2. The Bertz CT molecular complexity index is 794. The summed E-state index contributed by atoms with van der Waals surface area (Å²) in [6, 6.07) is 13.3. The van der Waals surface area contributed by atoms with Crippen LogP contribution in [-0.4, -0.2) is 37.3 Å². The lowest BCUT2D eigenvalue weighted by Gasteiger charge is -2.07. The fraction of sp³-hybridized carbons (Fsp3) is 0.167. The van der Waals surface area contributed by atoms with E-state index in [4.69, 9.17) is 16.3 Å². The summed E-state index contributed by atoms with van der Waals surface area (Å²) in [5, 5.41) is 3.12. The first-order valence-corrected chi connectivity index (χ1v) is 8.87. The predicted molar refractivity (Wildman–Crippen MR) is 99.5 cm³/mol. The predicted octanol–water partition coefficient (Wildman–Crippen LogP) is 3.40. The Morgan fingerprint density at radius 2 is 1.77 bits per heavy atom. The summed E-state index contributed by atoms with van der Waals surface area (Å²) in [7, 11) is 1.29. The van der Waals surface area contributed by atoms with Gasteiger partial charge in [-0.05, 0) is 36.4 Å². The van der Waals surface area contributed by atoms with Crippen molar-refractivity contribution >= 4 is 46.9 Å². The number of benzene rings is 2. The van der Waals surface area contributed by atoms with Crippen molar-refractivity contribution < 1.29 is 23.9 Å². The van der Waals surface area contributed by atoms with Gasteiger partial charge in [0.15, 0.2) is 6.61 Å². The maximum Gasteiger partial charge on any atom is 0.337 e. The number of hydrogen-bond donors (Lipinski definition) is 1. The van der Waals surface area contributed by atoms with E-state index < -0.39 is 24.5 Å². The Balaban J connectivity index is 1.75. The summed E-state index contributed by atoms with van der Waals surface area (Å²) < 4.78 is 9.52. The number of halogens is 1. The number of nitrogens with one attached hydrogen (secondary N) is 1. The minimum Gasteiger partial charge on any atom is -0.465 e. The zero-order chi connectivity index (χ0) is 18.9. The number of carbonyl (C=O) groups excluding carboxylic acids is 3. The number of ether oxygens (including phenoxy) is 2. The Morgan fingerprint density at radius 3 is 2.42 bits per heavy atom. The Kier molecular flexibility index (Phi) is 7.50. The molecule has 2 aromatic rings. The first-order chi connectivity index (χ1) is 12.5. The van der Waals surface area contributed by atoms with Gasteiger partial charge in [-0.15, -0.1) is 11.8 Å². The minimum absolute atomic E-state index is 0.0465. The molecular formula is C18H16ClNO5S. The van der Waals surface area contributed by atoms with Gasteiger partial charge in [0.2, 0.25) is 0 Å². The zero-order valence-electron chi connectivity index (χ0n) is 13.9. The fourth-order valence-corrected chi connectivity index (χ4v) is 2.93. The molecule has 0 spiro atoms. The Labute approximate surface area is 159 Å². The van der Waals surface area contributed by atoms with Crippen LogP contribution in [0.1, 0.15) is 10.4 Å². The third-order valence-corrected chi connectivity index (χ3v) is 4.62. The van der Waals surface area contributed by atoms with Crippen molar-refractivity contribution in [2.24, 2.45) is 0 Å². The molecule has 0 radical (unpaired) electrons. The van der Waals surface area contributed by atoms with E-state index in [0.29, 0.717) is 16.3 Å². The third-order valence-electron chi connectivity index (χ3n) is 3.14. The summed E-state index contributed by atoms with van der Waals surface area (Å²) in [5.41, 5.74) is 0.845. The van der Waals surface area contributed by atoms with Crippen LogP contribution in [0.25, 0.3) is 0 Å². The lowest BCUT2D eigenvalue weighted by atomic mass is 10.2. The molecule has 0 atom stereocenters. The molecule has 0 aliphatic heterocycles. The van der Waals surface area contributed by atoms with Gasteiger partial charge in [-0.3, -0.25) is 9.59 Å². The first kappa shape index (κ1) is 19.8. The van der Waals surface area contributed by atoms with Crippen molar-refractivity contribution in [3.05, 3.63) is 59.1 Å². The molecule has 136 valence electrons. The number of rotatable bonds is 7. The van der Waals surface area contributed by atoms with Crippen LogP contribution >= 0.6 is 23.4 Å². The van der Waals surface area contributed by atoms with Gasteiger partial charge in [0.1, 0.15) is 0 Å². The lowest BCUT2D eigenvalue weighted by Crippen LogP contribution is -2.21. The normalized spacial score (nSPS) is 10.1. The topological polar surface area (TPSA) is 81.7 Å². The highest BCUT2D eigenvalue weighted by Crippen LogP contribution is 2.26. The molecule has 0 aliphatic carbocycles. The van der Waals surface area contributed by atoms with Crippen molar-refractivity contribution in [3.8, 4) is 0 Å². The van der Waals surface area contributed by atoms with Crippen molar-refractivity contribution in [2.75, 3.05) is 24.8 Å². The van der Waals surface area contributed by atoms with Crippen LogP contribution in [0.2, 0.25) is 5.02 Å². The molecule has 1 amide bonds. The number of carbonyl (C=O) groups is 3. The number of thioether (sulfide) groups is 1. The number of anilines is 1. The molecule has 26 heavy (non-hydrogen) atoms. The van der Waals surface area contributed by atoms with E-state index >= 15 is 0 Å². The summed E-state index contributed by atoms with van der Waals surface area (Å²) in [6.45, 7) is -0.402. The average Bonchev–Trinajstić information content (AvgIpc) is 2.65. The molecule has 0 fully saturated rings. The van der Waals surface area contributed by atoms with Crippen molar-refractivity contribution in [1.82, 2.24) is 0 Å². The lowest BCUT2D eigenvalue weighted by molar-refractivity contribution is -0.144. The summed E-state index contributed by atoms with van der Waals surface area (Å²) in [6.07, 6.45) is 0. The first-order valence-electron chi connectivity index (χ1n) is 7.51. The van der Waals surface area contributed by atoms with Crippen LogP contribution in [-0.2, 0) is 19.1 Å². The standard InChI is InChI=1S/C18H16ClNO5S/c1-24-18(23)12-6-8-13(9-7-12)20-16(21)10-25-17(22)11-26-15-5-3-2-4-14(15)19/h2-9H,10-11H2,1H3,(H,20,21). The molecule has 0 aromatic heterocycles. The average molecular weight is 394 g/mol. The number of hydrogen-bond acceptors (Lipinski definition) is 6. The molecule has 0 heterocycles. The maximum absolute atomic E-state index is 11.8. The largest absolute Gasteiger partial charge is 0.465 e. The molecule has 0 unspecified atom stereocenters. The summed E-state index contributed by atoms with van der Waals surface area (Å²) >= 11 is 7.23. The Morgan fingerprint density at radius 1 is 1.08 bits per heavy atom. The van der Waals surface area contributed by atoms with Crippen molar-refractivity contribution in [1.29, 1.82) is 0 Å². The van der Waals surface area contributed by atoms with E-state index in [1.807, 2.05) is 6.07 Å². The van der Waals surface area contributed by atoms with E-state index in [-0.39, 0.29) is 5.75 Å². The summed E-state index contributed by atoms with van der Waals surface area (Å²) in [4.78, 5) is 35.6. The van der Waals surface area contributed by atoms with E-state index in [9.17, 15) is 14.4 Å². The molecular weight excluding hydrogens is 378 g/mol. The van der Waals surface area contributed by atoms with Gasteiger partial charge in [-0.1, -0.05) is 23.7 Å². The second-order valence-electron chi connectivity index (χ2n) is 5.00. The monoisotopic (exact) mass is 393 g/mol. The van der Waals surface area contributed by atoms with Gasteiger partial charge in [-0.2, -0.15) is 0 Å². The highest BCUT2D eigenvalue weighted by Gasteiger charge is 2.10. The summed E-state index contributed by atoms with van der Waals surface area (Å²) in [5.74, 6) is -1.42. The van der Waals surface area contributed by atoms with Crippen molar-refractivity contribution in [3.63, 3.8) is 0 Å². The second kappa shape index (κ2) is 9.84. The van der Waals surface area contributed by atoms with Gasteiger partial charge >= 0.3 is 11.9 Å². The fourth-order valence-electron chi connectivity index (χ4n) is 1.89. The van der Waals surface area contributed by atoms with E-state index in [1.165, 1.54) is 31.0 Å². The van der Waals surface area contributed by atoms with Crippen LogP contribution in [0.3, 0.4) is 0 Å². The molecule has 0 saturated heterocycles. The molecule has 2 rings (SSSR count). The molecule has 0 bridgehead atoms. The van der Waals surface area contributed by atoms with Crippen molar-refractivity contribution in [2.45, 2.75) is 4.90 Å². The highest BCUT2D eigenvalue weighted by molar-refractivity contribution is 8.00. The SMILES string of the molecule is COC(=O)c1ccc(NC(=O)COC(=O)CSc2ccccc2Cl)cc1. The zero-order valence-corrected chi connectivity index (χ0v) is 15.4. The minimum atomic E-state index is -0.522. The van der Waals surface area contributed by atoms with Crippen LogP contribution in [0.5, 0.6) is 0 Å². The Hall–Kier alpha value is -2.51. The number of amides is 1. The van der Waals surface area contributed by atoms with Crippen LogP contribution < -0.4 is 5.32 Å². The quantitative estimate of drug-likeness (QED) is 0.573.